The summed E-state index contributed by atoms with van der Waals surface area (Å²) >= 11 is 9.68. The van der Waals surface area contributed by atoms with Crippen LogP contribution in [0.15, 0.2) is 10.5 Å². The van der Waals surface area contributed by atoms with Crippen LogP contribution in [0.25, 0.3) is 0 Å². The Kier molecular flexibility index (Phi) is 4.78. The maximum atomic E-state index is 12.2. The minimum absolute atomic E-state index is 0.0182. The Labute approximate surface area is 136 Å². The zero-order valence-corrected chi connectivity index (χ0v) is 14.0. The van der Waals surface area contributed by atoms with Crippen molar-refractivity contribution >= 4 is 39.4 Å². The molecule has 0 aromatic heterocycles. The summed E-state index contributed by atoms with van der Waals surface area (Å²) in [5.74, 6) is -1.24. The van der Waals surface area contributed by atoms with E-state index in [-0.39, 0.29) is 12.3 Å². The van der Waals surface area contributed by atoms with Crippen LogP contribution >= 0.6 is 27.5 Å². The summed E-state index contributed by atoms with van der Waals surface area (Å²) in [7, 11) is 1.55. The fourth-order valence-corrected chi connectivity index (χ4v) is 3.18. The number of methoxy groups -OCH3 is 1. The number of carboxylic acids is 1. The van der Waals surface area contributed by atoms with Gasteiger partial charge in [0.15, 0.2) is 0 Å². The Morgan fingerprint density at radius 2 is 2.10 bits per heavy atom. The van der Waals surface area contributed by atoms with Gasteiger partial charge in [-0.3, -0.25) is 9.59 Å². The van der Waals surface area contributed by atoms with Crippen molar-refractivity contribution in [3.63, 3.8) is 0 Å². The molecular formula is C14H15BrClNO4. The van der Waals surface area contributed by atoms with Gasteiger partial charge < -0.3 is 14.7 Å². The van der Waals surface area contributed by atoms with Gasteiger partial charge in [0, 0.05) is 30.6 Å². The van der Waals surface area contributed by atoms with E-state index in [2.05, 4.69) is 15.9 Å². The summed E-state index contributed by atoms with van der Waals surface area (Å²) in [4.78, 5) is 24.6. The lowest BCUT2D eigenvalue weighted by molar-refractivity contribution is -0.145. The SMILES string of the molecule is COc1cc(Cl)c2c(c1Br)CN(C(=O)C[C@H](C)C(=O)O)C2. The first kappa shape index (κ1) is 16.1. The number of amides is 1. The number of aliphatic carboxylic acids is 1. The number of benzene rings is 1. The van der Waals surface area contributed by atoms with Crippen LogP contribution in [-0.4, -0.2) is 29.0 Å². The van der Waals surface area contributed by atoms with Crippen LogP contribution in [-0.2, 0) is 22.7 Å². The average Bonchev–Trinajstić information content (AvgIpc) is 2.88. The van der Waals surface area contributed by atoms with Crippen molar-refractivity contribution in [1.29, 1.82) is 0 Å². The van der Waals surface area contributed by atoms with E-state index in [4.69, 9.17) is 21.4 Å². The van der Waals surface area contributed by atoms with Crippen LogP contribution in [0.4, 0.5) is 0 Å². The van der Waals surface area contributed by atoms with Gasteiger partial charge in [-0.05, 0) is 27.1 Å². The first-order valence-corrected chi connectivity index (χ1v) is 7.56. The second-order valence-corrected chi connectivity index (χ2v) is 6.23. The van der Waals surface area contributed by atoms with Gasteiger partial charge in [0.25, 0.3) is 0 Å². The maximum Gasteiger partial charge on any atom is 0.306 e. The normalized spacial score (nSPS) is 14.8. The largest absolute Gasteiger partial charge is 0.496 e. The molecule has 0 fully saturated rings. The van der Waals surface area contributed by atoms with E-state index >= 15 is 0 Å². The topological polar surface area (TPSA) is 66.8 Å². The minimum atomic E-state index is -0.971. The molecule has 1 amide bonds. The number of ether oxygens (including phenoxy) is 1. The van der Waals surface area contributed by atoms with Crippen molar-refractivity contribution in [2.24, 2.45) is 5.92 Å². The van der Waals surface area contributed by atoms with Gasteiger partial charge in [0.05, 0.1) is 17.5 Å². The molecule has 0 unspecified atom stereocenters. The number of nitrogens with zero attached hydrogens (tertiary/aromatic N) is 1. The fraction of sp³-hybridized carbons (Fsp3) is 0.429. The molecule has 1 atom stereocenters. The van der Waals surface area contributed by atoms with Crippen LogP contribution < -0.4 is 4.74 Å². The molecule has 0 aliphatic carbocycles. The smallest absolute Gasteiger partial charge is 0.306 e. The molecule has 114 valence electrons. The highest BCUT2D eigenvalue weighted by atomic mass is 79.9. The van der Waals surface area contributed by atoms with Crippen LogP contribution in [0.1, 0.15) is 24.5 Å². The van der Waals surface area contributed by atoms with Gasteiger partial charge in [0.1, 0.15) is 5.75 Å². The molecule has 0 saturated carbocycles. The van der Waals surface area contributed by atoms with Crippen molar-refractivity contribution in [3.05, 3.63) is 26.7 Å². The predicted octanol–water partition coefficient (Wildman–Crippen LogP) is 3.06. The molecule has 7 heteroatoms. The Balaban J connectivity index is 2.20. The standard InChI is InChI=1S/C14H15BrClNO4/c1-7(14(19)20)3-12(18)17-5-8-9(6-17)13(15)11(21-2)4-10(8)16/h4,7H,3,5-6H2,1-2H3,(H,19,20)/t7-/m0/s1. The zero-order valence-electron chi connectivity index (χ0n) is 11.7. The molecule has 1 aliphatic heterocycles. The minimum Gasteiger partial charge on any atom is -0.496 e. The Morgan fingerprint density at radius 1 is 1.48 bits per heavy atom. The molecule has 1 aromatic rings. The molecule has 2 rings (SSSR count). The molecule has 1 aliphatic rings. The van der Waals surface area contributed by atoms with Crippen molar-refractivity contribution in [1.82, 2.24) is 4.90 Å². The maximum absolute atomic E-state index is 12.2. The Morgan fingerprint density at radius 3 is 2.67 bits per heavy atom. The zero-order chi connectivity index (χ0) is 15.7. The van der Waals surface area contributed by atoms with Gasteiger partial charge in [-0.15, -0.1) is 0 Å². The highest BCUT2D eigenvalue weighted by molar-refractivity contribution is 9.10. The molecule has 1 heterocycles. The number of fused-ring (bicyclic) bond motifs is 1. The number of hydrogen-bond acceptors (Lipinski definition) is 3. The first-order chi connectivity index (χ1) is 9.85. The number of carbonyl (C=O) groups excluding carboxylic acids is 1. The van der Waals surface area contributed by atoms with E-state index in [1.807, 2.05) is 0 Å². The van der Waals surface area contributed by atoms with Gasteiger partial charge >= 0.3 is 5.97 Å². The molecular weight excluding hydrogens is 362 g/mol. The average molecular weight is 377 g/mol. The van der Waals surface area contributed by atoms with E-state index < -0.39 is 11.9 Å². The van der Waals surface area contributed by atoms with Crippen molar-refractivity contribution in [2.45, 2.75) is 26.4 Å². The molecule has 1 N–H and O–H groups in total. The molecule has 1 aromatic carbocycles. The highest BCUT2D eigenvalue weighted by Gasteiger charge is 2.30. The van der Waals surface area contributed by atoms with Crippen LogP contribution in [0.2, 0.25) is 5.02 Å². The van der Waals surface area contributed by atoms with E-state index in [9.17, 15) is 9.59 Å². The van der Waals surface area contributed by atoms with Crippen LogP contribution in [0.5, 0.6) is 5.75 Å². The van der Waals surface area contributed by atoms with E-state index in [1.165, 1.54) is 6.92 Å². The van der Waals surface area contributed by atoms with E-state index in [1.54, 1.807) is 18.1 Å². The lowest BCUT2D eigenvalue weighted by Crippen LogP contribution is -2.28. The summed E-state index contributed by atoms with van der Waals surface area (Å²) in [5.41, 5.74) is 1.79. The van der Waals surface area contributed by atoms with Crippen molar-refractivity contribution in [2.75, 3.05) is 7.11 Å². The summed E-state index contributed by atoms with van der Waals surface area (Å²) in [6.45, 7) is 2.31. The van der Waals surface area contributed by atoms with Crippen molar-refractivity contribution < 1.29 is 19.4 Å². The van der Waals surface area contributed by atoms with Gasteiger partial charge in [0.2, 0.25) is 5.91 Å². The van der Waals surface area contributed by atoms with Crippen LogP contribution in [0.3, 0.4) is 0 Å². The molecule has 21 heavy (non-hydrogen) atoms. The Bertz CT molecular complexity index is 605. The second kappa shape index (κ2) is 6.23. The number of hydrogen-bond donors (Lipinski definition) is 1. The molecule has 0 spiro atoms. The fourth-order valence-electron chi connectivity index (χ4n) is 2.27. The Hall–Kier alpha value is -1.27. The molecule has 0 radical (unpaired) electrons. The number of carboxylic acid groups (broad SMARTS) is 1. The predicted molar refractivity (Wildman–Crippen MR) is 81.4 cm³/mol. The summed E-state index contributed by atoms with van der Waals surface area (Å²) < 4.78 is 6.01. The third-order valence-electron chi connectivity index (χ3n) is 3.56. The lowest BCUT2D eigenvalue weighted by atomic mass is 10.1. The quantitative estimate of drug-likeness (QED) is 0.877. The van der Waals surface area contributed by atoms with Gasteiger partial charge in [-0.2, -0.15) is 0 Å². The molecule has 5 nitrogen and oxygen atoms in total. The van der Waals surface area contributed by atoms with E-state index in [0.717, 1.165) is 15.6 Å². The van der Waals surface area contributed by atoms with Crippen LogP contribution in [0, 0.1) is 5.92 Å². The number of carbonyl (C=O) groups is 2. The molecule has 0 bridgehead atoms. The summed E-state index contributed by atoms with van der Waals surface area (Å²) in [5, 5.41) is 9.44. The monoisotopic (exact) mass is 375 g/mol. The second-order valence-electron chi connectivity index (χ2n) is 5.02. The first-order valence-electron chi connectivity index (χ1n) is 6.39. The number of halogens is 2. The molecule has 0 saturated heterocycles. The lowest BCUT2D eigenvalue weighted by Gasteiger charge is -2.16. The van der Waals surface area contributed by atoms with Crippen molar-refractivity contribution in [3.8, 4) is 5.75 Å². The third kappa shape index (κ3) is 3.16. The summed E-state index contributed by atoms with van der Waals surface area (Å²) in [6, 6.07) is 1.71. The highest BCUT2D eigenvalue weighted by Crippen LogP contribution is 2.40. The van der Waals surface area contributed by atoms with Gasteiger partial charge in [-0.1, -0.05) is 18.5 Å². The third-order valence-corrected chi connectivity index (χ3v) is 4.77. The number of rotatable bonds is 4. The van der Waals surface area contributed by atoms with E-state index in [0.29, 0.717) is 23.9 Å². The summed E-state index contributed by atoms with van der Waals surface area (Å²) in [6.07, 6.45) is -0.0182. The van der Waals surface area contributed by atoms with Gasteiger partial charge in [-0.25, -0.2) is 0 Å².